The maximum Gasteiger partial charge on any atom is 0.486 e. The summed E-state index contributed by atoms with van der Waals surface area (Å²) in [6.07, 6.45) is -0.161. The normalized spacial score (nSPS) is 18.2. The molecule has 0 aromatic carbocycles. The zero-order valence-electron chi connectivity index (χ0n) is 8.59. The highest BCUT2D eigenvalue weighted by atomic mass is 16.7. The smallest absolute Gasteiger partial charge is 0.371 e. The molecule has 1 rings (SSSR count). The molecule has 1 atom stereocenters. The second kappa shape index (κ2) is 5.39. The number of ether oxygens (including phenoxy) is 2. The van der Waals surface area contributed by atoms with Crippen molar-refractivity contribution in [3.05, 3.63) is 30.7 Å². The van der Waals surface area contributed by atoms with Crippen LogP contribution in [0.5, 0.6) is 0 Å². The minimum Gasteiger partial charge on any atom is -0.371 e. The first-order valence-electron chi connectivity index (χ1n) is 4.52. The van der Waals surface area contributed by atoms with Gasteiger partial charge in [0.1, 0.15) is 16.0 Å². The van der Waals surface area contributed by atoms with Crippen LogP contribution < -0.4 is 0 Å². The van der Waals surface area contributed by atoms with Crippen LogP contribution in [0.4, 0.5) is 0 Å². The number of hydrogen-bond acceptors (Lipinski definition) is 7. The van der Waals surface area contributed by atoms with Crippen molar-refractivity contribution in [2.75, 3.05) is 26.4 Å². The van der Waals surface area contributed by atoms with Crippen molar-refractivity contribution in [2.45, 2.75) is 11.8 Å². The van der Waals surface area contributed by atoms with E-state index in [0.717, 1.165) is 0 Å². The largest absolute Gasteiger partial charge is 0.486 e. The molecule has 1 fully saturated rings. The van der Waals surface area contributed by atoms with E-state index in [4.69, 9.17) is 15.0 Å². The molecule has 1 heterocycles. The molecule has 0 amide bonds. The minimum atomic E-state index is -2.64. The minimum absolute atomic E-state index is 0.0414. The van der Waals surface area contributed by atoms with Gasteiger partial charge in [-0.25, -0.2) is 0 Å². The first kappa shape index (κ1) is 13.1. The number of azide groups is 1. The molecule has 0 saturated carbocycles. The second-order valence-corrected chi connectivity index (χ2v) is 3.36. The van der Waals surface area contributed by atoms with Crippen LogP contribution in [-0.2, 0) is 9.47 Å². The predicted octanol–water partition coefficient (Wildman–Crippen LogP) is -0.0382. The van der Waals surface area contributed by atoms with Gasteiger partial charge in [0.15, 0.2) is 13.2 Å². The summed E-state index contributed by atoms with van der Waals surface area (Å²) in [5, 5.41) is 24.3. The van der Waals surface area contributed by atoms with Crippen LogP contribution in [0.15, 0.2) is 5.11 Å². The number of nitro groups is 2. The third-order valence-corrected chi connectivity index (χ3v) is 2.11. The lowest BCUT2D eigenvalue weighted by Crippen LogP contribution is -2.53. The van der Waals surface area contributed by atoms with Gasteiger partial charge < -0.3 is 9.47 Å². The van der Waals surface area contributed by atoms with E-state index in [2.05, 4.69) is 10.0 Å². The first-order valence-corrected chi connectivity index (χ1v) is 4.52. The highest BCUT2D eigenvalue weighted by Gasteiger charge is 2.56. The van der Waals surface area contributed by atoms with E-state index < -0.39 is 28.7 Å². The van der Waals surface area contributed by atoms with Gasteiger partial charge in [0.25, 0.3) is 0 Å². The molecular weight excluding hydrogens is 238 g/mol. The zero-order valence-corrected chi connectivity index (χ0v) is 8.59. The third-order valence-electron chi connectivity index (χ3n) is 2.11. The molecule has 0 radical (unpaired) electrons. The Balaban J connectivity index is 2.68. The Bertz CT molecular complexity index is 348. The van der Waals surface area contributed by atoms with Gasteiger partial charge in [-0.15, -0.1) is 0 Å². The summed E-state index contributed by atoms with van der Waals surface area (Å²) in [5.74, 6) is 0. The van der Waals surface area contributed by atoms with E-state index in [1.165, 1.54) is 0 Å². The maximum atomic E-state index is 10.7. The molecule has 1 aliphatic rings. The van der Waals surface area contributed by atoms with Gasteiger partial charge in [0.2, 0.25) is 0 Å². The lowest BCUT2D eigenvalue weighted by atomic mass is 10.2. The van der Waals surface area contributed by atoms with Gasteiger partial charge in [0.05, 0.1) is 13.2 Å². The van der Waals surface area contributed by atoms with Crippen molar-refractivity contribution in [1.29, 1.82) is 0 Å². The van der Waals surface area contributed by atoms with Gasteiger partial charge in [-0.2, -0.15) is 0 Å². The zero-order chi connectivity index (χ0) is 12.9. The molecular formula is C6H9N5O6. The highest BCUT2D eigenvalue weighted by molar-refractivity contribution is 4.73. The number of nitrogens with zero attached hydrogens (tertiary/aromatic N) is 5. The van der Waals surface area contributed by atoms with Crippen molar-refractivity contribution in [2.24, 2.45) is 5.11 Å². The van der Waals surface area contributed by atoms with E-state index in [1.54, 1.807) is 0 Å². The molecule has 94 valence electrons. The van der Waals surface area contributed by atoms with Crippen molar-refractivity contribution in [3.8, 4) is 0 Å². The van der Waals surface area contributed by atoms with Gasteiger partial charge in [-0.3, -0.25) is 20.2 Å². The highest BCUT2D eigenvalue weighted by Crippen LogP contribution is 2.15. The summed E-state index contributed by atoms with van der Waals surface area (Å²) >= 11 is 0. The summed E-state index contributed by atoms with van der Waals surface area (Å²) in [6, 6.07) is 0. The molecule has 1 unspecified atom stereocenters. The Hall–Kier alpha value is -1.97. The van der Waals surface area contributed by atoms with Crippen molar-refractivity contribution in [1.82, 2.24) is 0 Å². The Morgan fingerprint density at radius 1 is 1.53 bits per heavy atom. The van der Waals surface area contributed by atoms with Crippen LogP contribution in [0.25, 0.3) is 10.4 Å². The van der Waals surface area contributed by atoms with Crippen LogP contribution in [0.1, 0.15) is 0 Å². The average Bonchev–Trinajstić information content (AvgIpc) is 3.06. The van der Waals surface area contributed by atoms with Crippen LogP contribution in [0, 0.1) is 20.2 Å². The molecule has 11 heteroatoms. The summed E-state index contributed by atoms with van der Waals surface area (Å²) in [7, 11) is 0. The van der Waals surface area contributed by atoms with Gasteiger partial charge in [0, 0.05) is 4.91 Å². The van der Waals surface area contributed by atoms with Crippen LogP contribution in [0.3, 0.4) is 0 Å². The third kappa shape index (κ3) is 3.24. The molecule has 1 saturated heterocycles. The lowest BCUT2D eigenvalue weighted by molar-refractivity contribution is -0.795. The molecule has 0 aromatic heterocycles. The molecule has 1 aliphatic heterocycles. The van der Waals surface area contributed by atoms with Gasteiger partial charge in [-0.05, 0) is 5.53 Å². The molecule has 0 spiro atoms. The fourth-order valence-corrected chi connectivity index (χ4v) is 0.996. The topological polar surface area (TPSA) is 157 Å². The first-order chi connectivity index (χ1) is 8.03. The summed E-state index contributed by atoms with van der Waals surface area (Å²) < 4.78 is 9.63. The van der Waals surface area contributed by atoms with Crippen LogP contribution in [0.2, 0.25) is 0 Å². The van der Waals surface area contributed by atoms with E-state index in [-0.39, 0.29) is 12.7 Å². The number of epoxide rings is 1. The summed E-state index contributed by atoms with van der Waals surface area (Å²) in [5.41, 5.74) is 5.43. The van der Waals surface area contributed by atoms with Crippen LogP contribution >= 0.6 is 0 Å². The van der Waals surface area contributed by atoms with Gasteiger partial charge in [-0.1, -0.05) is 5.11 Å². The quantitative estimate of drug-likeness (QED) is 0.111. The lowest BCUT2D eigenvalue weighted by Gasteiger charge is -2.14. The Morgan fingerprint density at radius 3 is 2.53 bits per heavy atom. The Kier molecular flexibility index (Phi) is 4.15. The number of hydrogen-bond donors (Lipinski definition) is 0. The van der Waals surface area contributed by atoms with Gasteiger partial charge >= 0.3 is 5.66 Å². The van der Waals surface area contributed by atoms with Crippen molar-refractivity contribution in [3.63, 3.8) is 0 Å². The summed E-state index contributed by atoms with van der Waals surface area (Å²) in [4.78, 5) is 21.5. The molecule has 11 nitrogen and oxygen atoms in total. The van der Waals surface area contributed by atoms with E-state index in [0.29, 0.717) is 6.61 Å². The van der Waals surface area contributed by atoms with Crippen molar-refractivity contribution >= 4 is 0 Å². The van der Waals surface area contributed by atoms with Crippen molar-refractivity contribution < 1.29 is 19.3 Å². The second-order valence-electron chi connectivity index (χ2n) is 3.36. The fourth-order valence-electron chi connectivity index (χ4n) is 0.996. The van der Waals surface area contributed by atoms with E-state index >= 15 is 0 Å². The SMILES string of the molecule is [N-]=[N+]=NCC(COCC1CO1)([N+](=O)[O-])[N+](=O)[O-]. The fraction of sp³-hybridized carbons (Fsp3) is 1.00. The standard InChI is InChI=1S/C6H9N5O6/c7-9-8-3-6(10(12)13,11(14)15)4-16-1-5-2-17-5/h5H,1-4H2. The molecule has 0 aliphatic carbocycles. The molecule has 0 bridgehead atoms. The monoisotopic (exact) mass is 247 g/mol. The maximum absolute atomic E-state index is 10.7. The number of rotatable bonds is 8. The average molecular weight is 247 g/mol. The Morgan fingerprint density at radius 2 is 2.12 bits per heavy atom. The van der Waals surface area contributed by atoms with E-state index in [9.17, 15) is 20.2 Å². The molecule has 17 heavy (non-hydrogen) atoms. The molecule has 0 aromatic rings. The predicted molar refractivity (Wildman–Crippen MR) is 51.3 cm³/mol. The van der Waals surface area contributed by atoms with E-state index in [1.807, 2.05) is 0 Å². The Labute approximate surface area is 94.2 Å². The molecule has 0 N–H and O–H groups in total. The van der Waals surface area contributed by atoms with Crippen LogP contribution in [-0.4, -0.2) is 48.0 Å². The summed E-state index contributed by atoms with van der Waals surface area (Å²) in [6.45, 7) is -1.17.